The van der Waals surface area contributed by atoms with E-state index in [0.29, 0.717) is 23.1 Å². The molecule has 0 amide bonds. The number of halogens is 2. The molecule has 0 saturated heterocycles. The molecule has 0 saturated carbocycles. The van der Waals surface area contributed by atoms with Gasteiger partial charge in [-0.2, -0.15) is 0 Å². The summed E-state index contributed by atoms with van der Waals surface area (Å²) < 4.78 is 11.0. The second kappa shape index (κ2) is 8.31. The molecule has 0 aliphatic rings. The fraction of sp³-hybridized carbons (Fsp3) is 0.429. The van der Waals surface area contributed by atoms with Crippen molar-refractivity contribution in [2.75, 3.05) is 20.3 Å². The van der Waals surface area contributed by atoms with Crippen molar-refractivity contribution in [3.05, 3.63) is 33.8 Å². The number of rotatable bonds is 7. The van der Waals surface area contributed by atoms with Gasteiger partial charge in [-0.25, -0.2) is 0 Å². The summed E-state index contributed by atoms with van der Waals surface area (Å²) >= 11 is 11.8. The predicted octanol–water partition coefficient (Wildman–Crippen LogP) is 3.98. The maximum atomic E-state index is 6.23. The second-order valence-corrected chi connectivity index (χ2v) is 4.76. The molecule has 0 heterocycles. The van der Waals surface area contributed by atoms with Gasteiger partial charge in [-0.3, -0.25) is 0 Å². The van der Waals surface area contributed by atoms with Gasteiger partial charge in [-0.1, -0.05) is 30.1 Å². The molecule has 1 rings (SSSR count). The van der Waals surface area contributed by atoms with E-state index < -0.39 is 0 Å². The van der Waals surface area contributed by atoms with E-state index in [2.05, 4.69) is 12.2 Å². The third-order valence-electron chi connectivity index (χ3n) is 2.50. The van der Waals surface area contributed by atoms with Crippen molar-refractivity contribution in [1.82, 2.24) is 5.32 Å². The molecular formula is C14H19Cl2NO2. The lowest BCUT2D eigenvalue weighted by Crippen LogP contribution is -2.12. The number of ether oxygens (including phenoxy) is 2. The fourth-order valence-electron chi connectivity index (χ4n) is 1.50. The summed E-state index contributed by atoms with van der Waals surface area (Å²) in [4.78, 5) is 0. The van der Waals surface area contributed by atoms with Crippen molar-refractivity contribution in [1.29, 1.82) is 0 Å². The Hall–Kier alpha value is -0.900. The van der Waals surface area contributed by atoms with Crippen LogP contribution in [0, 0.1) is 0 Å². The first-order chi connectivity index (χ1) is 9.12. The first kappa shape index (κ1) is 16.2. The van der Waals surface area contributed by atoms with E-state index in [1.54, 1.807) is 7.11 Å². The van der Waals surface area contributed by atoms with Crippen LogP contribution in [0.25, 0.3) is 0 Å². The van der Waals surface area contributed by atoms with Gasteiger partial charge in [0.15, 0.2) is 11.5 Å². The lowest BCUT2D eigenvalue weighted by atomic mass is 10.2. The maximum Gasteiger partial charge on any atom is 0.180 e. The third kappa shape index (κ3) is 4.94. The van der Waals surface area contributed by atoms with Crippen LogP contribution in [0.15, 0.2) is 23.2 Å². The number of methoxy groups -OCH3 is 1. The van der Waals surface area contributed by atoms with Crippen LogP contribution >= 0.6 is 23.2 Å². The molecule has 0 spiro atoms. The Kier molecular flexibility index (Phi) is 7.06. The molecule has 3 nitrogen and oxygen atoms in total. The summed E-state index contributed by atoms with van der Waals surface area (Å²) in [7, 11) is 1.60. The number of benzene rings is 1. The summed E-state index contributed by atoms with van der Waals surface area (Å²) in [5.74, 6) is 1.17. The normalized spacial score (nSPS) is 11.5. The van der Waals surface area contributed by atoms with E-state index in [0.717, 1.165) is 24.2 Å². The highest BCUT2D eigenvalue weighted by Crippen LogP contribution is 2.36. The van der Waals surface area contributed by atoms with Gasteiger partial charge in [0.1, 0.15) is 6.61 Å². The third-order valence-corrected chi connectivity index (χ3v) is 3.15. The topological polar surface area (TPSA) is 30.5 Å². The average molecular weight is 304 g/mol. The van der Waals surface area contributed by atoms with Crippen molar-refractivity contribution in [3.8, 4) is 11.5 Å². The first-order valence-electron chi connectivity index (χ1n) is 6.08. The van der Waals surface area contributed by atoms with Crippen LogP contribution in [0.4, 0.5) is 0 Å². The van der Waals surface area contributed by atoms with Gasteiger partial charge in [-0.15, -0.1) is 0 Å². The minimum Gasteiger partial charge on any atom is -0.493 e. The molecule has 106 valence electrons. The summed E-state index contributed by atoms with van der Waals surface area (Å²) in [5, 5.41) is 3.78. The molecule has 0 unspecified atom stereocenters. The molecule has 0 aliphatic carbocycles. The minimum absolute atomic E-state index is 0.381. The van der Waals surface area contributed by atoms with Gasteiger partial charge in [0.25, 0.3) is 0 Å². The van der Waals surface area contributed by atoms with Gasteiger partial charge in [0.2, 0.25) is 0 Å². The highest BCUT2D eigenvalue weighted by Gasteiger charge is 2.12. The fourth-order valence-corrected chi connectivity index (χ4v) is 1.85. The van der Waals surface area contributed by atoms with Crippen molar-refractivity contribution in [2.45, 2.75) is 20.4 Å². The van der Waals surface area contributed by atoms with E-state index >= 15 is 0 Å². The Bertz CT molecular complexity index is 447. The maximum absolute atomic E-state index is 6.23. The van der Waals surface area contributed by atoms with Crippen LogP contribution in [-0.4, -0.2) is 20.3 Å². The highest BCUT2D eigenvalue weighted by molar-refractivity contribution is 6.32. The van der Waals surface area contributed by atoms with Crippen LogP contribution in [0.2, 0.25) is 5.02 Å². The second-order valence-electron chi connectivity index (χ2n) is 4.13. The van der Waals surface area contributed by atoms with E-state index in [1.165, 1.54) is 5.54 Å². The molecule has 0 bridgehead atoms. The zero-order chi connectivity index (χ0) is 14.3. The quantitative estimate of drug-likeness (QED) is 0.826. The lowest BCUT2D eigenvalue weighted by molar-refractivity contribution is 0.319. The summed E-state index contributed by atoms with van der Waals surface area (Å²) in [5.41, 5.74) is 3.46. The van der Waals surface area contributed by atoms with E-state index in [9.17, 15) is 0 Å². The monoisotopic (exact) mass is 303 g/mol. The number of nitrogens with one attached hydrogen (secondary N) is 1. The summed E-state index contributed by atoms with van der Waals surface area (Å²) in [6.45, 7) is 5.96. The molecule has 0 radical (unpaired) electrons. The van der Waals surface area contributed by atoms with Crippen molar-refractivity contribution >= 4 is 23.2 Å². The van der Waals surface area contributed by atoms with Crippen LogP contribution in [-0.2, 0) is 6.54 Å². The molecule has 0 aliphatic heterocycles. The zero-order valence-corrected chi connectivity index (χ0v) is 12.9. The molecule has 0 atom stereocenters. The Balaban J connectivity index is 2.91. The van der Waals surface area contributed by atoms with Gasteiger partial charge < -0.3 is 14.8 Å². The Morgan fingerprint density at radius 3 is 2.74 bits per heavy atom. The number of hydrogen-bond acceptors (Lipinski definition) is 3. The molecule has 0 fully saturated rings. The lowest BCUT2D eigenvalue weighted by Gasteiger charge is -2.14. The Morgan fingerprint density at radius 1 is 1.42 bits per heavy atom. The summed E-state index contributed by atoms with van der Waals surface area (Å²) in [6.07, 6.45) is 0. The van der Waals surface area contributed by atoms with E-state index in [1.807, 2.05) is 19.1 Å². The van der Waals surface area contributed by atoms with Crippen molar-refractivity contribution in [3.63, 3.8) is 0 Å². The van der Waals surface area contributed by atoms with Crippen LogP contribution in [0.3, 0.4) is 0 Å². The van der Waals surface area contributed by atoms with Crippen LogP contribution in [0.1, 0.15) is 19.4 Å². The van der Waals surface area contributed by atoms with Gasteiger partial charge in [-0.05, 0) is 36.7 Å². The minimum atomic E-state index is 0.381. The van der Waals surface area contributed by atoms with E-state index in [-0.39, 0.29) is 0 Å². The van der Waals surface area contributed by atoms with Crippen molar-refractivity contribution < 1.29 is 9.47 Å². The first-order valence-corrected chi connectivity index (χ1v) is 6.89. The van der Waals surface area contributed by atoms with Gasteiger partial charge in [0, 0.05) is 12.1 Å². The standard InChI is InChI=1S/C14H19Cl2NO2/c1-4-17-8-11-5-12(16)14(13(6-11)18-3)19-9-10(2)7-15/h5-7,17H,4,8-9H2,1-3H3/b10-7+. The molecule has 5 heteroatoms. The van der Waals surface area contributed by atoms with Gasteiger partial charge >= 0.3 is 0 Å². The Labute approximate surface area is 124 Å². The summed E-state index contributed by atoms with van der Waals surface area (Å²) in [6, 6.07) is 3.80. The molecule has 0 aromatic heterocycles. The molecule has 1 aromatic carbocycles. The average Bonchev–Trinajstić information content (AvgIpc) is 2.42. The molecule has 19 heavy (non-hydrogen) atoms. The van der Waals surface area contributed by atoms with Crippen LogP contribution < -0.4 is 14.8 Å². The molecule has 1 N–H and O–H groups in total. The SMILES string of the molecule is CCNCc1cc(Cl)c(OC/C(C)=C/Cl)c(OC)c1. The smallest absolute Gasteiger partial charge is 0.180 e. The largest absolute Gasteiger partial charge is 0.493 e. The zero-order valence-electron chi connectivity index (χ0n) is 11.4. The number of hydrogen-bond donors (Lipinski definition) is 1. The molecule has 1 aromatic rings. The highest BCUT2D eigenvalue weighted by atomic mass is 35.5. The Morgan fingerprint density at radius 2 is 2.16 bits per heavy atom. The van der Waals surface area contributed by atoms with Crippen LogP contribution in [0.5, 0.6) is 11.5 Å². The van der Waals surface area contributed by atoms with Gasteiger partial charge in [0.05, 0.1) is 12.1 Å². The van der Waals surface area contributed by atoms with Crippen molar-refractivity contribution in [2.24, 2.45) is 0 Å². The predicted molar refractivity (Wildman–Crippen MR) is 80.5 cm³/mol. The van der Waals surface area contributed by atoms with E-state index in [4.69, 9.17) is 32.7 Å². The molecular weight excluding hydrogens is 285 g/mol.